The van der Waals surface area contributed by atoms with Gasteiger partial charge < -0.3 is 0 Å². The number of hydrogen-bond acceptors (Lipinski definition) is 3. The summed E-state index contributed by atoms with van der Waals surface area (Å²) >= 11 is 5.73. The molecule has 0 bridgehead atoms. The van der Waals surface area contributed by atoms with Crippen molar-refractivity contribution in [2.45, 2.75) is 4.90 Å². The number of rotatable bonds is 3. The molecule has 0 aromatic heterocycles. The predicted molar refractivity (Wildman–Crippen MR) is 74.4 cm³/mol. The van der Waals surface area contributed by atoms with E-state index in [1.165, 1.54) is 18.2 Å². The third-order valence-corrected chi connectivity index (χ3v) is 4.20. The van der Waals surface area contributed by atoms with E-state index in [9.17, 15) is 22.0 Å². The molecule has 2 aromatic rings. The molecule has 0 spiro atoms. The zero-order valence-corrected chi connectivity index (χ0v) is 12.3. The Bertz CT molecular complexity index is 832. The summed E-state index contributed by atoms with van der Waals surface area (Å²) in [6.45, 7) is 0. The van der Waals surface area contributed by atoms with E-state index in [2.05, 4.69) is 0 Å². The Morgan fingerprint density at radius 1 is 1.10 bits per heavy atom. The molecule has 0 saturated heterocycles. The van der Waals surface area contributed by atoms with Crippen LogP contribution in [0.25, 0.3) is 0 Å². The van der Waals surface area contributed by atoms with E-state index in [1.54, 1.807) is 0 Å². The molecule has 0 N–H and O–H groups in total. The van der Waals surface area contributed by atoms with Crippen molar-refractivity contribution < 1.29 is 22.0 Å². The zero-order valence-electron chi connectivity index (χ0n) is 10.7. The topological polar surface area (TPSA) is 51.2 Å². The molecule has 0 amide bonds. The molecule has 0 heterocycles. The Morgan fingerprint density at radius 3 is 2.33 bits per heavy atom. The quantitative estimate of drug-likeness (QED) is 0.641. The van der Waals surface area contributed by atoms with Crippen molar-refractivity contribution in [2.24, 2.45) is 0 Å². The van der Waals surface area contributed by atoms with Crippen molar-refractivity contribution >= 4 is 27.2 Å². The van der Waals surface area contributed by atoms with Gasteiger partial charge in [0.05, 0.1) is 9.92 Å². The molecule has 21 heavy (non-hydrogen) atoms. The minimum Gasteiger partial charge on any atom is -0.289 e. The van der Waals surface area contributed by atoms with Gasteiger partial charge in [0.25, 0.3) is 0 Å². The van der Waals surface area contributed by atoms with Gasteiger partial charge in [0.1, 0.15) is 0 Å². The minimum atomic E-state index is -3.49. The molecule has 0 fully saturated rings. The van der Waals surface area contributed by atoms with Gasteiger partial charge in [0.2, 0.25) is 0 Å². The summed E-state index contributed by atoms with van der Waals surface area (Å²) in [4.78, 5) is 12.2. The number of carbonyl (C=O) groups excluding carboxylic acids is 1. The minimum absolute atomic E-state index is 0.0193. The molecule has 0 aliphatic rings. The van der Waals surface area contributed by atoms with Crippen LogP contribution in [0, 0.1) is 11.6 Å². The average molecular weight is 331 g/mol. The van der Waals surface area contributed by atoms with Crippen molar-refractivity contribution in [1.29, 1.82) is 0 Å². The highest BCUT2D eigenvalue weighted by Crippen LogP contribution is 2.23. The molecule has 7 heteroatoms. The zero-order chi connectivity index (χ0) is 15.8. The monoisotopic (exact) mass is 330 g/mol. The van der Waals surface area contributed by atoms with E-state index >= 15 is 0 Å². The number of sulfone groups is 1. The molecule has 110 valence electrons. The summed E-state index contributed by atoms with van der Waals surface area (Å²) in [5, 5.41) is -0.247. The maximum Gasteiger partial charge on any atom is 0.194 e. The lowest BCUT2D eigenvalue weighted by Gasteiger charge is -2.06. The molecular weight excluding hydrogens is 322 g/mol. The Labute approximate surface area is 125 Å². The predicted octanol–water partition coefficient (Wildman–Crippen LogP) is 3.25. The first kappa shape index (κ1) is 15.6. The summed E-state index contributed by atoms with van der Waals surface area (Å²) in [7, 11) is -3.49. The summed E-state index contributed by atoms with van der Waals surface area (Å²) in [5.41, 5.74) is -0.216. The van der Waals surface area contributed by atoms with Crippen LogP contribution in [0.1, 0.15) is 15.9 Å². The maximum absolute atomic E-state index is 13.2. The molecule has 3 nitrogen and oxygen atoms in total. The summed E-state index contributed by atoms with van der Waals surface area (Å²) in [5.74, 6) is -3.06. The second-order valence-corrected chi connectivity index (χ2v) is 6.80. The number of ketones is 1. The van der Waals surface area contributed by atoms with Gasteiger partial charge in [0.15, 0.2) is 27.3 Å². The fourth-order valence-electron chi connectivity index (χ4n) is 1.72. The summed E-state index contributed by atoms with van der Waals surface area (Å²) in [6.07, 6.45) is 1.00. The molecule has 0 radical (unpaired) electrons. The van der Waals surface area contributed by atoms with Crippen molar-refractivity contribution in [2.75, 3.05) is 6.26 Å². The molecular formula is C14H9ClF2O3S. The first-order chi connectivity index (χ1) is 9.70. The Balaban J connectivity index is 2.53. The van der Waals surface area contributed by atoms with E-state index in [1.807, 2.05) is 0 Å². The lowest BCUT2D eigenvalue weighted by atomic mass is 10.0. The number of halogens is 3. The standard InChI is InChI=1S/C14H9ClF2O3S/c1-21(19,20)9-4-2-3-8(5-9)14(18)10-6-12(16)13(17)7-11(10)15/h2-7H,1H3. The van der Waals surface area contributed by atoms with E-state index < -0.39 is 27.3 Å². The van der Waals surface area contributed by atoms with Crippen LogP contribution in [0.2, 0.25) is 5.02 Å². The average Bonchev–Trinajstić information content (AvgIpc) is 2.41. The molecule has 2 rings (SSSR count). The highest BCUT2D eigenvalue weighted by Gasteiger charge is 2.18. The van der Waals surface area contributed by atoms with Crippen LogP contribution in [0.3, 0.4) is 0 Å². The van der Waals surface area contributed by atoms with Crippen molar-refractivity contribution in [1.82, 2.24) is 0 Å². The Hall–Kier alpha value is -1.79. The second-order valence-electron chi connectivity index (χ2n) is 4.38. The Morgan fingerprint density at radius 2 is 1.71 bits per heavy atom. The highest BCUT2D eigenvalue weighted by molar-refractivity contribution is 7.90. The van der Waals surface area contributed by atoms with E-state index in [0.717, 1.165) is 12.3 Å². The van der Waals surface area contributed by atoms with E-state index in [0.29, 0.717) is 12.1 Å². The second kappa shape index (κ2) is 5.54. The first-order valence-electron chi connectivity index (χ1n) is 5.69. The van der Waals surface area contributed by atoms with Crippen LogP contribution in [0.5, 0.6) is 0 Å². The molecule has 2 aromatic carbocycles. The Kier molecular flexibility index (Phi) is 4.11. The van der Waals surface area contributed by atoms with Gasteiger partial charge in [-0.25, -0.2) is 17.2 Å². The number of carbonyl (C=O) groups is 1. The van der Waals surface area contributed by atoms with Crippen molar-refractivity contribution in [3.05, 3.63) is 64.2 Å². The van der Waals surface area contributed by atoms with Gasteiger partial charge in [-0.15, -0.1) is 0 Å². The van der Waals surface area contributed by atoms with Crippen molar-refractivity contribution in [3.63, 3.8) is 0 Å². The number of hydrogen-bond donors (Lipinski definition) is 0. The maximum atomic E-state index is 13.2. The first-order valence-corrected chi connectivity index (χ1v) is 7.96. The van der Waals surface area contributed by atoms with Gasteiger partial charge in [0, 0.05) is 17.4 Å². The fraction of sp³-hybridized carbons (Fsp3) is 0.0714. The lowest BCUT2D eigenvalue weighted by molar-refractivity contribution is 0.103. The molecule has 0 aliphatic heterocycles. The SMILES string of the molecule is CS(=O)(=O)c1cccc(C(=O)c2cc(F)c(F)cc2Cl)c1. The van der Waals surface area contributed by atoms with Crippen LogP contribution in [0.4, 0.5) is 8.78 Å². The largest absolute Gasteiger partial charge is 0.289 e. The van der Waals surface area contributed by atoms with Gasteiger partial charge in [-0.3, -0.25) is 4.79 Å². The normalized spacial score (nSPS) is 11.4. The van der Waals surface area contributed by atoms with E-state index in [-0.39, 0.29) is 21.0 Å². The number of benzene rings is 2. The van der Waals surface area contributed by atoms with Crippen LogP contribution < -0.4 is 0 Å². The molecule has 0 saturated carbocycles. The van der Waals surface area contributed by atoms with Gasteiger partial charge in [-0.1, -0.05) is 23.7 Å². The van der Waals surface area contributed by atoms with Crippen LogP contribution in [-0.4, -0.2) is 20.5 Å². The highest BCUT2D eigenvalue weighted by atomic mass is 35.5. The van der Waals surface area contributed by atoms with Crippen molar-refractivity contribution in [3.8, 4) is 0 Å². The van der Waals surface area contributed by atoms with Gasteiger partial charge in [-0.2, -0.15) is 0 Å². The lowest BCUT2D eigenvalue weighted by Crippen LogP contribution is -2.06. The van der Waals surface area contributed by atoms with E-state index in [4.69, 9.17) is 11.6 Å². The molecule has 0 atom stereocenters. The molecule has 0 unspecified atom stereocenters. The van der Waals surface area contributed by atoms with Crippen LogP contribution in [0.15, 0.2) is 41.3 Å². The third kappa shape index (κ3) is 3.28. The fourth-order valence-corrected chi connectivity index (χ4v) is 2.62. The van der Waals surface area contributed by atoms with Gasteiger partial charge in [-0.05, 0) is 24.3 Å². The smallest absolute Gasteiger partial charge is 0.194 e. The molecule has 0 aliphatic carbocycles. The van der Waals surface area contributed by atoms with Crippen LogP contribution in [-0.2, 0) is 9.84 Å². The summed E-state index contributed by atoms with van der Waals surface area (Å²) < 4.78 is 49.1. The van der Waals surface area contributed by atoms with Gasteiger partial charge >= 0.3 is 0 Å². The third-order valence-electron chi connectivity index (χ3n) is 2.78. The van der Waals surface area contributed by atoms with Crippen LogP contribution >= 0.6 is 11.6 Å². The summed E-state index contributed by atoms with van der Waals surface area (Å²) in [6, 6.07) is 6.64.